The molecule has 3 nitrogen and oxygen atoms in total. The Morgan fingerprint density at radius 1 is 1.67 bits per heavy atom. The van der Waals surface area contributed by atoms with E-state index in [2.05, 4.69) is 29.1 Å². The summed E-state index contributed by atoms with van der Waals surface area (Å²) in [7, 11) is 2.14. The molecule has 1 aromatic rings. The predicted octanol–water partition coefficient (Wildman–Crippen LogP) is 2.58. The Bertz CT molecular complexity index is 414. The molecule has 1 aromatic heterocycles. The van der Waals surface area contributed by atoms with Crippen LogP contribution < -0.4 is 0 Å². The van der Waals surface area contributed by atoms with Gasteiger partial charge in [-0.3, -0.25) is 4.90 Å². The first-order valence-electron chi connectivity index (χ1n) is 5.23. The highest BCUT2D eigenvalue weighted by molar-refractivity contribution is 6.29. The molecule has 0 N–H and O–H groups in total. The fraction of sp³-hybridized carbons (Fsp3) is 0.545. The summed E-state index contributed by atoms with van der Waals surface area (Å²) in [6.07, 6.45) is 9.26. The van der Waals surface area contributed by atoms with E-state index < -0.39 is 0 Å². The minimum atomic E-state index is -0.0491. The fourth-order valence-electron chi connectivity index (χ4n) is 2.78. The zero-order valence-corrected chi connectivity index (χ0v) is 9.37. The maximum Gasteiger partial charge on any atom is 0.216 e. The molecular weight excluding hydrogens is 212 g/mol. The molecule has 0 spiro atoms. The maximum atomic E-state index is 5.82. The van der Waals surface area contributed by atoms with Crippen LogP contribution in [0, 0.1) is 0 Å². The van der Waals surface area contributed by atoms with Crippen LogP contribution in [0.1, 0.15) is 25.2 Å². The first kappa shape index (κ1) is 9.43. The summed E-state index contributed by atoms with van der Waals surface area (Å²) in [6, 6.07) is 0.532. The average Bonchev–Trinajstić information content (AvgIpc) is 2.70. The van der Waals surface area contributed by atoms with Gasteiger partial charge in [-0.15, -0.1) is 0 Å². The van der Waals surface area contributed by atoms with Gasteiger partial charge in [0.1, 0.15) is 11.8 Å². The molecule has 0 saturated carbocycles. The molecule has 80 valence electrons. The van der Waals surface area contributed by atoms with E-state index in [1.54, 1.807) is 0 Å². The van der Waals surface area contributed by atoms with E-state index in [4.69, 9.17) is 16.0 Å². The topological polar surface area (TPSA) is 29.3 Å². The molecule has 0 radical (unpaired) electrons. The highest BCUT2D eigenvalue weighted by atomic mass is 35.5. The van der Waals surface area contributed by atoms with Gasteiger partial charge in [0.2, 0.25) is 5.89 Å². The summed E-state index contributed by atoms with van der Waals surface area (Å²) >= 11 is 5.82. The van der Waals surface area contributed by atoms with Gasteiger partial charge in [-0.2, -0.15) is 0 Å². The molecule has 2 atom stereocenters. The Morgan fingerprint density at radius 3 is 3.27 bits per heavy atom. The number of hydrogen-bond donors (Lipinski definition) is 0. The predicted molar refractivity (Wildman–Crippen MR) is 57.7 cm³/mol. The summed E-state index contributed by atoms with van der Waals surface area (Å²) in [6.45, 7) is 0. The third-order valence-corrected chi connectivity index (χ3v) is 3.89. The fourth-order valence-corrected chi connectivity index (χ4v) is 2.90. The molecule has 0 aliphatic carbocycles. The van der Waals surface area contributed by atoms with Crippen LogP contribution in [-0.4, -0.2) is 23.0 Å². The molecule has 1 saturated heterocycles. The van der Waals surface area contributed by atoms with Gasteiger partial charge >= 0.3 is 0 Å². The van der Waals surface area contributed by atoms with Crippen LogP contribution in [0.5, 0.6) is 0 Å². The lowest BCUT2D eigenvalue weighted by Crippen LogP contribution is -2.43. The smallest absolute Gasteiger partial charge is 0.216 e. The molecule has 15 heavy (non-hydrogen) atoms. The van der Waals surface area contributed by atoms with Crippen molar-refractivity contribution in [2.45, 2.75) is 30.8 Å². The third kappa shape index (κ3) is 1.20. The van der Waals surface area contributed by atoms with Crippen molar-refractivity contribution < 1.29 is 4.42 Å². The number of nitrogens with zero attached hydrogens (tertiary/aromatic N) is 2. The normalized spacial score (nSPS) is 34.9. The zero-order chi connectivity index (χ0) is 10.5. The van der Waals surface area contributed by atoms with Crippen molar-refractivity contribution in [3.8, 4) is 0 Å². The molecule has 3 rings (SSSR count). The van der Waals surface area contributed by atoms with Crippen molar-refractivity contribution in [2.75, 3.05) is 7.05 Å². The lowest BCUT2D eigenvalue weighted by molar-refractivity contribution is 0.109. The van der Waals surface area contributed by atoms with Gasteiger partial charge in [-0.25, -0.2) is 4.98 Å². The number of hydrogen-bond acceptors (Lipinski definition) is 3. The molecule has 0 aromatic carbocycles. The summed E-state index contributed by atoms with van der Waals surface area (Å²) in [5, 5.41) is 0.450. The van der Waals surface area contributed by atoms with Crippen molar-refractivity contribution in [3.05, 3.63) is 29.5 Å². The largest absolute Gasteiger partial charge is 0.445 e. The van der Waals surface area contributed by atoms with Gasteiger partial charge in [0.05, 0.1) is 0 Å². The second-order valence-electron chi connectivity index (χ2n) is 4.36. The highest BCUT2D eigenvalue weighted by Gasteiger charge is 2.49. The Balaban J connectivity index is 2.06. The zero-order valence-electron chi connectivity index (χ0n) is 8.61. The van der Waals surface area contributed by atoms with Crippen LogP contribution in [0.4, 0.5) is 0 Å². The molecule has 2 aliphatic rings. The number of rotatable bonds is 1. The molecule has 1 fully saturated rings. The average molecular weight is 225 g/mol. The number of halogens is 1. The molecule has 2 bridgehead atoms. The van der Waals surface area contributed by atoms with E-state index in [1.807, 2.05) is 0 Å². The number of fused-ring (bicyclic) bond motifs is 2. The summed E-state index contributed by atoms with van der Waals surface area (Å²) in [5.74, 6) is 0.766. The Kier molecular flexibility index (Phi) is 1.94. The van der Waals surface area contributed by atoms with Crippen LogP contribution in [0.3, 0.4) is 0 Å². The summed E-state index contributed by atoms with van der Waals surface area (Å²) in [4.78, 5) is 6.63. The van der Waals surface area contributed by atoms with Crippen LogP contribution in [0.15, 0.2) is 22.8 Å². The Morgan fingerprint density at radius 2 is 2.53 bits per heavy atom. The van der Waals surface area contributed by atoms with Crippen LogP contribution in [0.2, 0.25) is 5.15 Å². The SMILES string of the molecule is CN1C2C=CCC1(c1nc(Cl)co1)CC2. The molecule has 2 aliphatic heterocycles. The minimum Gasteiger partial charge on any atom is -0.445 e. The Hall–Kier alpha value is -0.800. The third-order valence-electron chi connectivity index (χ3n) is 3.71. The maximum absolute atomic E-state index is 5.82. The lowest BCUT2D eigenvalue weighted by atomic mass is 9.91. The first-order chi connectivity index (χ1) is 7.22. The van der Waals surface area contributed by atoms with E-state index in [9.17, 15) is 0 Å². The van der Waals surface area contributed by atoms with E-state index in [-0.39, 0.29) is 5.54 Å². The van der Waals surface area contributed by atoms with Crippen molar-refractivity contribution in [2.24, 2.45) is 0 Å². The molecule has 2 unspecified atom stereocenters. The van der Waals surface area contributed by atoms with Gasteiger partial charge in [0.25, 0.3) is 0 Å². The summed E-state index contributed by atoms with van der Waals surface area (Å²) < 4.78 is 5.48. The molecular formula is C11H13ClN2O. The van der Waals surface area contributed by atoms with Crippen molar-refractivity contribution in [3.63, 3.8) is 0 Å². The lowest BCUT2D eigenvalue weighted by Gasteiger charge is -2.37. The van der Waals surface area contributed by atoms with Gasteiger partial charge in [0.15, 0.2) is 5.15 Å². The van der Waals surface area contributed by atoms with Crippen molar-refractivity contribution in [1.29, 1.82) is 0 Å². The van der Waals surface area contributed by atoms with Gasteiger partial charge < -0.3 is 4.42 Å². The van der Waals surface area contributed by atoms with Gasteiger partial charge in [-0.1, -0.05) is 23.8 Å². The van der Waals surface area contributed by atoms with Gasteiger partial charge in [-0.05, 0) is 26.3 Å². The number of oxazole rings is 1. The second kappa shape index (κ2) is 3.09. The van der Waals surface area contributed by atoms with E-state index in [0.717, 1.165) is 18.7 Å². The Labute approximate surface area is 93.7 Å². The molecule has 4 heteroatoms. The van der Waals surface area contributed by atoms with Crippen LogP contribution in [0.25, 0.3) is 0 Å². The van der Waals surface area contributed by atoms with Crippen LogP contribution in [-0.2, 0) is 5.54 Å². The molecule has 0 amide bonds. The van der Waals surface area contributed by atoms with Crippen molar-refractivity contribution in [1.82, 2.24) is 9.88 Å². The second-order valence-corrected chi connectivity index (χ2v) is 4.74. The standard InChI is InChI=1S/C11H13ClN2O/c1-14-8-3-2-5-11(14,6-4-8)10-13-9(12)7-15-10/h2-3,7-8H,4-6H2,1H3. The van der Waals surface area contributed by atoms with Gasteiger partial charge in [0, 0.05) is 6.04 Å². The van der Waals surface area contributed by atoms with Crippen LogP contribution >= 0.6 is 11.6 Å². The number of likely N-dealkylation sites (N-methyl/N-ethyl adjacent to an activating group) is 1. The van der Waals surface area contributed by atoms with Crippen molar-refractivity contribution >= 4 is 11.6 Å². The van der Waals surface area contributed by atoms with E-state index in [1.165, 1.54) is 12.7 Å². The quantitative estimate of drug-likeness (QED) is 0.687. The first-order valence-corrected chi connectivity index (χ1v) is 5.61. The van der Waals surface area contributed by atoms with E-state index >= 15 is 0 Å². The molecule has 3 heterocycles. The summed E-state index contributed by atoms with van der Waals surface area (Å²) in [5.41, 5.74) is -0.0491. The number of aromatic nitrogens is 1. The monoisotopic (exact) mass is 224 g/mol. The van der Waals surface area contributed by atoms with E-state index in [0.29, 0.717) is 11.2 Å². The highest BCUT2D eigenvalue weighted by Crippen LogP contribution is 2.46. The minimum absolute atomic E-state index is 0.0491.